The Morgan fingerprint density at radius 2 is 1.79 bits per heavy atom. The second kappa shape index (κ2) is 11.3. The number of hydrogen-bond donors (Lipinski definition) is 1. The van der Waals surface area contributed by atoms with E-state index in [4.69, 9.17) is 14.2 Å². The van der Waals surface area contributed by atoms with Gasteiger partial charge >= 0.3 is 11.9 Å². The van der Waals surface area contributed by atoms with Gasteiger partial charge in [0.25, 0.3) is 0 Å². The van der Waals surface area contributed by atoms with Gasteiger partial charge in [-0.05, 0) is 37.4 Å². The molecule has 1 aliphatic carbocycles. The Bertz CT molecular complexity index is 404. The standard InChI is InChI=1S/C17H28O5S2/c18-16(4-9-23)20-7-1-8-21-17(19)6-11-24-10-5-13-2-3-14-15(12-13)22-14/h13-15,23H,1-12H2. The van der Waals surface area contributed by atoms with Crippen molar-refractivity contribution in [2.45, 2.75) is 57.2 Å². The van der Waals surface area contributed by atoms with E-state index in [0.717, 1.165) is 17.4 Å². The molecule has 1 aliphatic heterocycles. The summed E-state index contributed by atoms with van der Waals surface area (Å²) in [5.41, 5.74) is 0. The molecule has 3 unspecified atom stereocenters. The summed E-state index contributed by atoms with van der Waals surface area (Å²) in [7, 11) is 0. The van der Waals surface area contributed by atoms with Crippen molar-refractivity contribution in [1.82, 2.24) is 0 Å². The van der Waals surface area contributed by atoms with Gasteiger partial charge in [-0.1, -0.05) is 0 Å². The SMILES string of the molecule is O=C(CCS)OCCCOC(=O)CCSCCC1CCC2OC2C1. The normalized spacial score (nSPS) is 25.0. The topological polar surface area (TPSA) is 65.1 Å². The van der Waals surface area contributed by atoms with Gasteiger partial charge in [0.2, 0.25) is 0 Å². The summed E-state index contributed by atoms with van der Waals surface area (Å²) in [6.07, 6.45) is 7.42. The molecule has 2 aliphatic rings. The molecule has 1 heterocycles. The summed E-state index contributed by atoms with van der Waals surface area (Å²) in [6, 6.07) is 0. The van der Waals surface area contributed by atoms with Crippen LogP contribution < -0.4 is 0 Å². The highest BCUT2D eigenvalue weighted by Gasteiger charge is 2.43. The monoisotopic (exact) mass is 376 g/mol. The molecule has 0 aromatic heterocycles. The first-order valence-corrected chi connectivity index (χ1v) is 10.6. The quantitative estimate of drug-likeness (QED) is 0.245. The van der Waals surface area contributed by atoms with E-state index in [1.165, 1.54) is 25.7 Å². The van der Waals surface area contributed by atoms with E-state index < -0.39 is 0 Å². The van der Waals surface area contributed by atoms with Gasteiger partial charge in [-0.3, -0.25) is 9.59 Å². The van der Waals surface area contributed by atoms with Gasteiger partial charge < -0.3 is 14.2 Å². The van der Waals surface area contributed by atoms with Crippen LogP contribution in [0.4, 0.5) is 0 Å². The molecule has 0 amide bonds. The number of ether oxygens (including phenoxy) is 3. The van der Waals surface area contributed by atoms with Crippen molar-refractivity contribution in [2.75, 3.05) is 30.5 Å². The van der Waals surface area contributed by atoms with Crippen LogP contribution in [0.3, 0.4) is 0 Å². The number of carbonyl (C=O) groups excluding carboxylic acids is 2. The molecule has 3 atom stereocenters. The first kappa shape index (κ1) is 19.9. The van der Waals surface area contributed by atoms with Gasteiger partial charge in [0, 0.05) is 17.9 Å². The number of hydrogen-bond acceptors (Lipinski definition) is 7. The molecule has 138 valence electrons. The lowest BCUT2D eigenvalue weighted by atomic mass is 9.88. The molecule has 0 aromatic carbocycles. The van der Waals surface area contributed by atoms with E-state index in [1.54, 1.807) is 0 Å². The summed E-state index contributed by atoms with van der Waals surface area (Å²) in [5, 5.41) is 0. The van der Waals surface area contributed by atoms with Crippen LogP contribution in [0.5, 0.6) is 0 Å². The summed E-state index contributed by atoms with van der Waals surface area (Å²) >= 11 is 5.78. The molecule has 0 radical (unpaired) electrons. The van der Waals surface area contributed by atoms with Crippen LogP contribution in [0.25, 0.3) is 0 Å². The van der Waals surface area contributed by atoms with Gasteiger partial charge in [-0.15, -0.1) is 0 Å². The fourth-order valence-corrected chi connectivity index (χ4v) is 4.12. The number of rotatable bonds is 12. The Morgan fingerprint density at radius 1 is 1.04 bits per heavy atom. The summed E-state index contributed by atoms with van der Waals surface area (Å²) in [5.74, 6) is 2.78. The Labute approximate surface area is 154 Å². The zero-order valence-corrected chi connectivity index (χ0v) is 15.8. The highest BCUT2D eigenvalue weighted by molar-refractivity contribution is 7.99. The summed E-state index contributed by atoms with van der Waals surface area (Å²) in [4.78, 5) is 22.7. The highest BCUT2D eigenvalue weighted by atomic mass is 32.2. The molecule has 7 heteroatoms. The van der Waals surface area contributed by atoms with Crippen LogP contribution in [-0.4, -0.2) is 54.6 Å². The maximum Gasteiger partial charge on any atom is 0.306 e. The molecular weight excluding hydrogens is 348 g/mol. The molecule has 24 heavy (non-hydrogen) atoms. The first-order chi connectivity index (χ1) is 11.7. The van der Waals surface area contributed by atoms with Crippen molar-refractivity contribution in [3.63, 3.8) is 0 Å². The summed E-state index contributed by atoms with van der Waals surface area (Å²) < 4.78 is 15.6. The minimum Gasteiger partial charge on any atom is -0.466 e. The maximum atomic E-state index is 11.6. The van der Waals surface area contributed by atoms with Gasteiger partial charge in [-0.2, -0.15) is 24.4 Å². The van der Waals surface area contributed by atoms with Gasteiger partial charge in [0.15, 0.2) is 0 Å². The molecular formula is C17H28O5S2. The fraction of sp³-hybridized carbons (Fsp3) is 0.882. The Hall–Kier alpha value is -0.400. The fourth-order valence-electron chi connectivity index (χ4n) is 2.92. The second-order valence-electron chi connectivity index (χ2n) is 6.31. The van der Waals surface area contributed by atoms with E-state index in [1.807, 2.05) is 11.8 Å². The molecule has 0 bridgehead atoms. The van der Waals surface area contributed by atoms with Crippen LogP contribution in [-0.2, 0) is 23.8 Å². The van der Waals surface area contributed by atoms with Crippen LogP contribution in [0.1, 0.15) is 44.9 Å². The minimum absolute atomic E-state index is 0.170. The lowest BCUT2D eigenvalue weighted by Gasteiger charge is -2.18. The molecule has 2 fully saturated rings. The van der Waals surface area contributed by atoms with Crippen molar-refractivity contribution >= 4 is 36.3 Å². The van der Waals surface area contributed by atoms with Crippen LogP contribution in [0, 0.1) is 5.92 Å². The van der Waals surface area contributed by atoms with E-state index in [9.17, 15) is 9.59 Å². The van der Waals surface area contributed by atoms with Crippen molar-refractivity contribution < 1.29 is 23.8 Å². The lowest BCUT2D eigenvalue weighted by molar-refractivity contribution is -0.145. The van der Waals surface area contributed by atoms with Crippen molar-refractivity contribution in [3.05, 3.63) is 0 Å². The zero-order chi connectivity index (χ0) is 17.2. The van der Waals surface area contributed by atoms with E-state index in [0.29, 0.717) is 50.4 Å². The maximum absolute atomic E-state index is 11.6. The zero-order valence-electron chi connectivity index (χ0n) is 14.1. The molecule has 2 rings (SSSR count). The average molecular weight is 377 g/mol. The average Bonchev–Trinajstić information content (AvgIpc) is 3.33. The van der Waals surface area contributed by atoms with Crippen molar-refractivity contribution in [1.29, 1.82) is 0 Å². The molecule has 0 spiro atoms. The summed E-state index contributed by atoms with van der Waals surface area (Å²) in [6.45, 7) is 0.601. The first-order valence-electron chi connectivity index (χ1n) is 8.84. The number of thioether (sulfide) groups is 1. The van der Waals surface area contributed by atoms with E-state index >= 15 is 0 Å². The van der Waals surface area contributed by atoms with E-state index in [-0.39, 0.29) is 11.9 Å². The minimum atomic E-state index is -0.255. The molecule has 0 aromatic rings. The number of carbonyl (C=O) groups is 2. The lowest BCUT2D eigenvalue weighted by Crippen LogP contribution is -2.14. The molecule has 5 nitrogen and oxygen atoms in total. The predicted molar refractivity (Wildman–Crippen MR) is 97.6 cm³/mol. The Morgan fingerprint density at radius 3 is 2.50 bits per heavy atom. The highest BCUT2D eigenvalue weighted by Crippen LogP contribution is 2.40. The van der Waals surface area contributed by atoms with Gasteiger partial charge in [-0.25, -0.2) is 0 Å². The number of thiol groups is 1. The third-order valence-electron chi connectivity index (χ3n) is 4.36. The number of epoxide rings is 1. The molecule has 0 N–H and O–H groups in total. The van der Waals surface area contributed by atoms with Crippen LogP contribution in [0.2, 0.25) is 0 Å². The van der Waals surface area contributed by atoms with Crippen molar-refractivity contribution in [2.24, 2.45) is 5.92 Å². The Balaban J connectivity index is 1.35. The third kappa shape index (κ3) is 8.12. The van der Waals surface area contributed by atoms with E-state index in [2.05, 4.69) is 12.6 Å². The predicted octanol–water partition coefficient (Wildman–Crippen LogP) is 2.86. The van der Waals surface area contributed by atoms with Crippen molar-refractivity contribution in [3.8, 4) is 0 Å². The third-order valence-corrected chi connectivity index (χ3v) is 5.61. The Kier molecular flexibility index (Phi) is 9.35. The van der Waals surface area contributed by atoms with Gasteiger partial charge in [0.1, 0.15) is 0 Å². The second-order valence-corrected chi connectivity index (χ2v) is 7.98. The smallest absolute Gasteiger partial charge is 0.306 e. The van der Waals surface area contributed by atoms with Gasteiger partial charge in [0.05, 0.1) is 38.3 Å². The largest absolute Gasteiger partial charge is 0.466 e. The number of fused-ring (bicyclic) bond motifs is 1. The molecule has 1 saturated carbocycles. The molecule has 1 saturated heterocycles. The van der Waals surface area contributed by atoms with Crippen LogP contribution in [0.15, 0.2) is 0 Å². The number of esters is 2. The van der Waals surface area contributed by atoms with Crippen LogP contribution >= 0.6 is 24.4 Å².